The largest absolute Gasteiger partial charge is 0.497 e. The molecule has 5 nitrogen and oxygen atoms in total. The summed E-state index contributed by atoms with van der Waals surface area (Å²) in [6.45, 7) is 8.39. The fourth-order valence-corrected chi connectivity index (χ4v) is 3.30. The third kappa shape index (κ3) is 7.40. The second kappa shape index (κ2) is 11.6. The van der Waals surface area contributed by atoms with E-state index in [2.05, 4.69) is 41.2 Å². The average molecular weight is 460 g/mol. The molecule has 142 valence electrons. The lowest BCUT2D eigenvalue weighted by Gasteiger charge is -2.23. The standard InChI is InChI=1S/C19H32N4O.HI/c1-4-23-11-5-6-17(23)14-22-19(20)21-13-15(2)12-16-7-9-18(24-3)10-8-16;/h7-10,15,17H,4-6,11-14H2,1-3H3,(H3,20,21,22);1H. The van der Waals surface area contributed by atoms with E-state index in [9.17, 15) is 0 Å². The Labute approximate surface area is 169 Å². The minimum absolute atomic E-state index is 0. The van der Waals surface area contributed by atoms with E-state index < -0.39 is 0 Å². The van der Waals surface area contributed by atoms with Crippen LogP contribution >= 0.6 is 24.0 Å². The number of hydrogen-bond donors (Lipinski definition) is 2. The summed E-state index contributed by atoms with van der Waals surface area (Å²) in [5.74, 6) is 1.92. The van der Waals surface area contributed by atoms with E-state index in [-0.39, 0.29) is 24.0 Å². The van der Waals surface area contributed by atoms with Crippen LogP contribution in [0.5, 0.6) is 5.75 Å². The lowest BCUT2D eigenvalue weighted by molar-refractivity contribution is 0.267. The zero-order valence-electron chi connectivity index (χ0n) is 15.7. The van der Waals surface area contributed by atoms with Gasteiger partial charge in [0, 0.05) is 19.1 Å². The fourth-order valence-electron chi connectivity index (χ4n) is 3.30. The van der Waals surface area contributed by atoms with Crippen LogP contribution in [0.15, 0.2) is 29.3 Å². The first-order chi connectivity index (χ1) is 11.6. The van der Waals surface area contributed by atoms with Crippen LogP contribution in [-0.4, -0.2) is 50.2 Å². The lowest BCUT2D eigenvalue weighted by atomic mass is 10.0. The number of hydrogen-bond acceptors (Lipinski definition) is 3. The van der Waals surface area contributed by atoms with E-state index in [0.29, 0.717) is 17.9 Å². The smallest absolute Gasteiger partial charge is 0.188 e. The van der Waals surface area contributed by atoms with Gasteiger partial charge in [0.25, 0.3) is 0 Å². The number of rotatable bonds is 8. The lowest BCUT2D eigenvalue weighted by Crippen LogP contribution is -2.42. The molecular weight excluding hydrogens is 427 g/mol. The highest BCUT2D eigenvalue weighted by molar-refractivity contribution is 14.0. The Bertz CT molecular complexity index is 521. The van der Waals surface area contributed by atoms with E-state index in [1.54, 1.807) is 7.11 Å². The van der Waals surface area contributed by atoms with Crippen LogP contribution in [0.4, 0.5) is 0 Å². The predicted molar refractivity (Wildman–Crippen MR) is 116 cm³/mol. The van der Waals surface area contributed by atoms with Gasteiger partial charge in [-0.2, -0.15) is 0 Å². The van der Waals surface area contributed by atoms with Gasteiger partial charge in [-0.15, -0.1) is 24.0 Å². The molecule has 0 amide bonds. The molecule has 0 aliphatic carbocycles. The summed E-state index contributed by atoms with van der Waals surface area (Å²) in [5.41, 5.74) is 7.32. The number of ether oxygens (including phenoxy) is 1. The number of aliphatic imine (C=N–C) groups is 1. The second-order valence-electron chi connectivity index (χ2n) is 6.69. The fraction of sp³-hybridized carbons (Fsp3) is 0.632. The average Bonchev–Trinajstić information content (AvgIpc) is 3.06. The zero-order chi connectivity index (χ0) is 17.4. The van der Waals surface area contributed by atoms with Gasteiger partial charge in [0.2, 0.25) is 0 Å². The van der Waals surface area contributed by atoms with Crippen molar-refractivity contribution in [3.8, 4) is 5.75 Å². The first kappa shape index (κ1) is 22.0. The van der Waals surface area contributed by atoms with E-state index in [0.717, 1.165) is 31.8 Å². The quantitative estimate of drug-likeness (QED) is 0.356. The van der Waals surface area contributed by atoms with E-state index in [1.165, 1.54) is 24.9 Å². The van der Waals surface area contributed by atoms with Crippen LogP contribution in [0, 0.1) is 5.92 Å². The highest BCUT2D eigenvalue weighted by Crippen LogP contribution is 2.16. The zero-order valence-corrected chi connectivity index (χ0v) is 18.0. The molecule has 0 bridgehead atoms. The van der Waals surface area contributed by atoms with Crippen LogP contribution in [-0.2, 0) is 6.42 Å². The molecule has 1 aliphatic heterocycles. The molecule has 1 aromatic rings. The Morgan fingerprint density at radius 2 is 2.12 bits per heavy atom. The highest BCUT2D eigenvalue weighted by Gasteiger charge is 2.22. The maximum atomic E-state index is 6.02. The van der Waals surface area contributed by atoms with Crippen LogP contribution in [0.2, 0.25) is 0 Å². The monoisotopic (exact) mass is 460 g/mol. The Balaban J connectivity index is 0.00000312. The second-order valence-corrected chi connectivity index (χ2v) is 6.69. The first-order valence-corrected chi connectivity index (χ1v) is 9.03. The van der Waals surface area contributed by atoms with Crippen molar-refractivity contribution in [3.05, 3.63) is 29.8 Å². The molecular formula is C19H33IN4O. The summed E-state index contributed by atoms with van der Waals surface area (Å²) < 4.78 is 5.19. The molecule has 1 aliphatic rings. The van der Waals surface area contributed by atoms with Gasteiger partial charge in [0.05, 0.1) is 7.11 Å². The summed E-state index contributed by atoms with van der Waals surface area (Å²) in [6.07, 6.45) is 3.53. The van der Waals surface area contributed by atoms with Gasteiger partial charge in [0.15, 0.2) is 5.96 Å². The number of benzene rings is 1. The van der Waals surface area contributed by atoms with E-state index in [4.69, 9.17) is 10.5 Å². The molecule has 1 saturated heterocycles. The van der Waals surface area contributed by atoms with Gasteiger partial charge < -0.3 is 15.8 Å². The van der Waals surface area contributed by atoms with Gasteiger partial charge in [-0.25, -0.2) is 0 Å². The molecule has 1 aromatic carbocycles. The molecule has 1 fully saturated rings. The summed E-state index contributed by atoms with van der Waals surface area (Å²) in [5, 5.41) is 3.29. The number of nitrogens with two attached hydrogens (primary N) is 1. The molecule has 25 heavy (non-hydrogen) atoms. The van der Waals surface area contributed by atoms with Crippen molar-refractivity contribution in [1.82, 2.24) is 10.2 Å². The summed E-state index contributed by atoms with van der Waals surface area (Å²) in [6, 6.07) is 8.82. The Morgan fingerprint density at radius 3 is 2.76 bits per heavy atom. The number of halogens is 1. The minimum Gasteiger partial charge on any atom is -0.497 e. The van der Waals surface area contributed by atoms with Crippen molar-refractivity contribution in [2.45, 2.75) is 39.2 Å². The number of nitrogens with one attached hydrogen (secondary N) is 1. The van der Waals surface area contributed by atoms with Crippen molar-refractivity contribution in [2.24, 2.45) is 16.6 Å². The normalized spacial score (nSPS) is 19.3. The molecule has 0 radical (unpaired) electrons. The topological polar surface area (TPSA) is 62.9 Å². The Morgan fingerprint density at radius 1 is 1.40 bits per heavy atom. The molecule has 3 N–H and O–H groups in total. The van der Waals surface area contributed by atoms with Crippen LogP contribution in [0.25, 0.3) is 0 Å². The third-order valence-corrected chi connectivity index (χ3v) is 4.74. The predicted octanol–water partition coefficient (Wildman–Crippen LogP) is 2.88. The maximum absolute atomic E-state index is 6.02. The molecule has 1 heterocycles. The molecule has 2 atom stereocenters. The van der Waals surface area contributed by atoms with Crippen molar-refractivity contribution < 1.29 is 4.74 Å². The number of nitrogens with zero attached hydrogens (tertiary/aromatic N) is 2. The number of methoxy groups -OCH3 is 1. The van der Waals surface area contributed by atoms with Crippen molar-refractivity contribution in [1.29, 1.82) is 0 Å². The van der Waals surface area contributed by atoms with Gasteiger partial charge in [0.1, 0.15) is 5.75 Å². The van der Waals surface area contributed by atoms with E-state index in [1.807, 2.05) is 12.1 Å². The summed E-state index contributed by atoms with van der Waals surface area (Å²) >= 11 is 0. The number of likely N-dealkylation sites (N-methyl/N-ethyl adjacent to an activating group) is 1. The molecule has 0 spiro atoms. The van der Waals surface area contributed by atoms with Crippen LogP contribution in [0.1, 0.15) is 32.3 Å². The Kier molecular flexibility index (Phi) is 10.2. The molecule has 6 heteroatoms. The van der Waals surface area contributed by atoms with Crippen molar-refractivity contribution in [2.75, 3.05) is 33.3 Å². The highest BCUT2D eigenvalue weighted by atomic mass is 127. The maximum Gasteiger partial charge on any atom is 0.188 e. The Hall–Kier alpha value is -1.02. The number of likely N-dealkylation sites (tertiary alicyclic amines) is 1. The minimum atomic E-state index is 0. The van der Waals surface area contributed by atoms with Crippen molar-refractivity contribution in [3.63, 3.8) is 0 Å². The molecule has 2 rings (SSSR count). The van der Waals surface area contributed by atoms with Gasteiger partial charge >= 0.3 is 0 Å². The van der Waals surface area contributed by atoms with Gasteiger partial charge in [-0.3, -0.25) is 9.89 Å². The molecule has 0 saturated carbocycles. The molecule has 2 unspecified atom stereocenters. The van der Waals surface area contributed by atoms with Crippen molar-refractivity contribution >= 4 is 29.9 Å². The molecule has 0 aromatic heterocycles. The van der Waals surface area contributed by atoms with E-state index >= 15 is 0 Å². The third-order valence-electron chi connectivity index (χ3n) is 4.74. The summed E-state index contributed by atoms with van der Waals surface area (Å²) in [4.78, 5) is 7.01. The van der Waals surface area contributed by atoms with Crippen LogP contribution in [0.3, 0.4) is 0 Å². The van der Waals surface area contributed by atoms with Gasteiger partial charge in [-0.1, -0.05) is 26.0 Å². The summed E-state index contributed by atoms with van der Waals surface area (Å²) in [7, 11) is 1.69. The number of guanidine groups is 1. The van der Waals surface area contributed by atoms with Gasteiger partial charge in [-0.05, 0) is 56.0 Å². The SMILES string of the molecule is CCN1CCCC1CNC(N)=NCC(C)Cc1ccc(OC)cc1.I. The first-order valence-electron chi connectivity index (χ1n) is 9.03. The van der Waals surface area contributed by atoms with Crippen LogP contribution < -0.4 is 15.8 Å².